The molecule has 0 fully saturated rings. The summed E-state index contributed by atoms with van der Waals surface area (Å²) in [4.78, 5) is 2.41. The summed E-state index contributed by atoms with van der Waals surface area (Å²) >= 11 is 0. The molecule has 0 radical (unpaired) electrons. The van der Waals surface area contributed by atoms with E-state index < -0.39 is 0 Å². The number of rotatable bonds is 4. The van der Waals surface area contributed by atoms with Crippen molar-refractivity contribution in [1.29, 1.82) is 0 Å². The molecule has 1 heterocycles. The van der Waals surface area contributed by atoms with Crippen molar-refractivity contribution in [1.82, 2.24) is 0 Å². The molecule has 49 heavy (non-hydrogen) atoms. The lowest BCUT2D eigenvalue weighted by Gasteiger charge is -2.30. The summed E-state index contributed by atoms with van der Waals surface area (Å²) in [5.74, 6) is 0. The molecule has 0 saturated carbocycles. The van der Waals surface area contributed by atoms with Gasteiger partial charge in [0, 0.05) is 33.1 Å². The average molecular weight is 640 g/mol. The average Bonchev–Trinajstić information content (AvgIpc) is 3.56. The predicted molar refractivity (Wildman–Crippen MR) is 209 cm³/mol. The fraction of sp³-hybridized carbons (Fsp3) is 0.234. The minimum absolute atomic E-state index is 0.0332. The van der Waals surface area contributed by atoms with Crippen LogP contribution in [0.2, 0.25) is 0 Å². The monoisotopic (exact) mass is 639 g/mol. The van der Waals surface area contributed by atoms with Crippen molar-refractivity contribution < 1.29 is 4.42 Å². The minimum atomic E-state index is -0.136. The summed E-state index contributed by atoms with van der Waals surface area (Å²) in [7, 11) is 0. The molecule has 0 atom stereocenters. The Hall–Kier alpha value is -5.08. The first-order valence-electron chi connectivity index (χ1n) is 17.5. The third-order valence-electron chi connectivity index (χ3n) is 10.5. The molecule has 244 valence electrons. The number of hydrogen-bond acceptors (Lipinski definition) is 2. The highest BCUT2D eigenvalue weighted by molar-refractivity contribution is 6.07. The van der Waals surface area contributed by atoms with Gasteiger partial charge in [0.25, 0.3) is 0 Å². The quantitative estimate of drug-likeness (QED) is 0.191. The molecule has 0 saturated heterocycles. The number of furan rings is 1. The molecular formula is C47H45NO. The van der Waals surface area contributed by atoms with Gasteiger partial charge in [0.2, 0.25) is 0 Å². The minimum Gasteiger partial charge on any atom is -0.456 e. The number of anilines is 3. The summed E-state index contributed by atoms with van der Waals surface area (Å²) in [6, 6.07) is 46.5. The molecule has 0 amide bonds. The lowest BCUT2D eigenvalue weighted by Crippen LogP contribution is -2.21. The molecule has 8 rings (SSSR count). The van der Waals surface area contributed by atoms with Crippen LogP contribution in [0.3, 0.4) is 0 Å². The number of para-hydroxylation sites is 3. The largest absolute Gasteiger partial charge is 0.456 e. The molecule has 2 heteroatoms. The fourth-order valence-electron chi connectivity index (χ4n) is 7.89. The molecule has 2 nitrogen and oxygen atoms in total. The van der Waals surface area contributed by atoms with Gasteiger partial charge in [-0.2, -0.15) is 0 Å². The first-order chi connectivity index (χ1) is 23.3. The van der Waals surface area contributed by atoms with Crippen molar-refractivity contribution in [2.45, 2.75) is 71.6 Å². The second kappa shape index (κ2) is 11.0. The van der Waals surface area contributed by atoms with E-state index >= 15 is 0 Å². The smallest absolute Gasteiger partial charge is 0.135 e. The molecule has 7 aromatic rings. The van der Waals surface area contributed by atoms with Crippen molar-refractivity contribution >= 4 is 39.0 Å². The Bertz CT molecular complexity index is 2380. The highest BCUT2D eigenvalue weighted by atomic mass is 16.3. The van der Waals surface area contributed by atoms with E-state index in [-0.39, 0.29) is 16.2 Å². The second-order valence-electron chi connectivity index (χ2n) is 16.3. The van der Waals surface area contributed by atoms with E-state index in [1.807, 2.05) is 12.1 Å². The molecule has 0 aliphatic heterocycles. The number of hydrogen-bond donors (Lipinski definition) is 0. The second-order valence-corrected chi connectivity index (χ2v) is 16.3. The van der Waals surface area contributed by atoms with Crippen LogP contribution in [0.5, 0.6) is 0 Å². The molecule has 0 spiro atoms. The van der Waals surface area contributed by atoms with Crippen molar-refractivity contribution in [3.8, 4) is 22.3 Å². The van der Waals surface area contributed by atoms with Crippen LogP contribution >= 0.6 is 0 Å². The predicted octanol–water partition coefficient (Wildman–Crippen LogP) is 13.6. The lowest BCUT2D eigenvalue weighted by atomic mass is 9.74. The van der Waals surface area contributed by atoms with Gasteiger partial charge in [-0.25, -0.2) is 0 Å². The Morgan fingerprint density at radius 3 is 1.94 bits per heavy atom. The van der Waals surface area contributed by atoms with Crippen LogP contribution in [0.15, 0.2) is 132 Å². The van der Waals surface area contributed by atoms with E-state index in [9.17, 15) is 0 Å². The van der Waals surface area contributed by atoms with E-state index in [0.717, 1.165) is 39.0 Å². The van der Waals surface area contributed by atoms with Gasteiger partial charge in [0.1, 0.15) is 11.2 Å². The summed E-state index contributed by atoms with van der Waals surface area (Å²) in [6.45, 7) is 18.9. The van der Waals surface area contributed by atoms with Crippen LogP contribution in [-0.4, -0.2) is 0 Å². The molecule has 0 unspecified atom stereocenters. The number of nitrogens with zero attached hydrogens (tertiary/aromatic N) is 1. The van der Waals surface area contributed by atoms with Gasteiger partial charge in [-0.1, -0.05) is 140 Å². The van der Waals surface area contributed by atoms with Gasteiger partial charge >= 0.3 is 0 Å². The molecule has 0 N–H and O–H groups in total. The summed E-state index contributed by atoms with van der Waals surface area (Å²) in [5.41, 5.74) is 15.9. The van der Waals surface area contributed by atoms with Crippen molar-refractivity contribution in [3.05, 3.63) is 150 Å². The van der Waals surface area contributed by atoms with Crippen molar-refractivity contribution in [3.63, 3.8) is 0 Å². The SMILES string of the molecule is CC(C)(C)c1cc(C(C)(C)C)c2c(c1)C(C)(C)c1cccc(-c3ccccc3N(c3ccccc3)c3ccc4oc5ccccc5c4c3)c1-2. The summed E-state index contributed by atoms with van der Waals surface area (Å²) < 4.78 is 6.24. The fourth-order valence-corrected chi connectivity index (χ4v) is 7.89. The number of fused-ring (bicyclic) bond motifs is 6. The Labute approximate surface area is 291 Å². The Morgan fingerprint density at radius 2 is 1.18 bits per heavy atom. The highest BCUT2D eigenvalue weighted by Crippen LogP contribution is 2.57. The van der Waals surface area contributed by atoms with Crippen molar-refractivity contribution in [2.24, 2.45) is 0 Å². The standard InChI is InChI=1S/C47H45NO/c1-45(2,3)30-27-38(46(4,5)6)44-39(28-30)47(7,8)37-22-16-21-35(43(37)44)33-19-12-14-23-40(33)48(31-17-10-9-11-18-31)32-25-26-42-36(29-32)34-20-13-15-24-41(34)49-42/h9-29H,1-8H3. The molecule has 0 bridgehead atoms. The lowest BCUT2D eigenvalue weighted by molar-refractivity contribution is 0.564. The van der Waals surface area contributed by atoms with E-state index in [1.54, 1.807) is 0 Å². The summed E-state index contributed by atoms with van der Waals surface area (Å²) in [5, 5.41) is 2.25. The zero-order chi connectivity index (χ0) is 34.3. The summed E-state index contributed by atoms with van der Waals surface area (Å²) in [6.07, 6.45) is 0. The topological polar surface area (TPSA) is 16.4 Å². The van der Waals surface area contributed by atoms with Gasteiger partial charge in [0.15, 0.2) is 0 Å². The maximum absolute atomic E-state index is 6.24. The van der Waals surface area contributed by atoms with Crippen LogP contribution in [0, 0.1) is 0 Å². The maximum atomic E-state index is 6.24. The van der Waals surface area contributed by atoms with Crippen LogP contribution in [0.4, 0.5) is 17.1 Å². The van der Waals surface area contributed by atoms with Gasteiger partial charge in [-0.15, -0.1) is 0 Å². The molecule has 1 aliphatic carbocycles. The Balaban J connectivity index is 1.41. The zero-order valence-electron chi connectivity index (χ0n) is 30.0. The van der Waals surface area contributed by atoms with Crippen LogP contribution < -0.4 is 4.90 Å². The van der Waals surface area contributed by atoms with Gasteiger partial charge < -0.3 is 9.32 Å². The number of benzene rings is 6. The third kappa shape index (κ3) is 5.00. The molecule has 1 aliphatic rings. The van der Waals surface area contributed by atoms with Gasteiger partial charge in [-0.05, 0) is 92.2 Å². The zero-order valence-corrected chi connectivity index (χ0v) is 30.0. The van der Waals surface area contributed by atoms with E-state index in [1.165, 1.54) is 44.5 Å². The normalized spacial score (nSPS) is 13.9. The molecular weight excluding hydrogens is 595 g/mol. The maximum Gasteiger partial charge on any atom is 0.135 e. The van der Waals surface area contributed by atoms with Crippen LogP contribution in [0.25, 0.3) is 44.2 Å². The first kappa shape index (κ1) is 31.2. The van der Waals surface area contributed by atoms with Crippen LogP contribution in [-0.2, 0) is 16.2 Å². The molecule has 6 aromatic carbocycles. The van der Waals surface area contributed by atoms with E-state index in [0.29, 0.717) is 0 Å². The van der Waals surface area contributed by atoms with E-state index in [2.05, 4.69) is 176 Å². The van der Waals surface area contributed by atoms with Crippen LogP contribution in [0.1, 0.15) is 77.6 Å². The van der Waals surface area contributed by atoms with E-state index in [4.69, 9.17) is 4.42 Å². The Kier molecular flexibility index (Phi) is 6.99. The Morgan fingerprint density at radius 1 is 0.510 bits per heavy atom. The van der Waals surface area contributed by atoms with Gasteiger partial charge in [0.05, 0.1) is 5.69 Å². The van der Waals surface area contributed by atoms with Crippen molar-refractivity contribution in [2.75, 3.05) is 4.90 Å². The highest BCUT2D eigenvalue weighted by Gasteiger charge is 2.41. The molecule has 1 aromatic heterocycles. The third-order valence-corrected chi connectivity index (χ3v) is 10.5. The first-order valence-corrected chi connectivity index (χ1v) is 17.5. The van der Waals surface area contributed by atoms with Gasteiger partial charge in [-0.3, -0.25) is 0 Å².